The van der Waals surface area contributed by atoms with Crippen LogP contribution in [0.5, 0.6) is 0 Å². The van der Waals surface area contributed by atoms with E-state index in [2.05, 4.69) is 11.1 Å². The van der Waals surface area contributed by atoms with Crippen LogP contribution in [0.15, 0.2) is 27.2 Å². The van der Waals surface area contributed by atoms with Crippen molar-refractivity contribution < 1.29 is 13.9 Å². The normalized spacial score (nSPS) is 34.0. The highest BCUT2D eigenvalue weighted by molar-refractivity contribution is 6.35. The minimum absolute atomic E-state index is 0.0869. The molecule has 0 radical (unpaired) electrons. The van der Waals surface area contributed by atoms with E-state index in [1.54, 1.807) is 13.1 Å². The van der Waals surface area contributed by atoms with Gasteiger partial charge in [0.1, 0.15) is 6.17 Å². The zero-order valence-electron chi connectivity index (χ0n) is 13.4. The molecule has 23 heavy (non-hydrogen) atoms. The highest BCUT2D eigenvalue weighted by Crippen LogP contribution is 2.44. The molecule has 0 N–H and O–H groups in total. The second-order valence-corrected chi connectivity index (χ2v) is 7.00. The van der Waals surface area contributed by atoms with Gasteiger partial charge in [0.2, 0.25) is 0 Å². The van der Waals surface area contributed by atoms with Crippen LogP contribution in [0.1, 0.15) is 45.4 Å². The fourth-order valence-electron chi connectivity index (χ4n) is 3.93. The Bertz CT molecular complexity index is 569. The first-order valence-corrected chi connectivity index (χ1v) is 8.90. The van der Waals surface area contributed by atoms with Crippen molar-refractivity contribution in [2.45, 2.75) is 57.7 Å². The third-order valence-electron chi connectivity index (χ3n) is 5.19. The lowest BCUT2D eigenvalue weighted by Gasteiger charge is -2.38. The molecule has 3 nitrogen and oxygen atoms in total. The maximum absolute atomic E-state index is 13.3. The van der Waals surface area contributed by atoms with Gasteiger partial charge in [0, 0.05) is 17.2 Å². The number of aliphatic imine (C=N–C) groups is 1. The van der Waals surface area contributed by atoms with Crippen molar-refractivity contribution in [1.82, 2.24) is 0 Å². The van der Waals surface area contributed by atoms with Crippen LogP contribution in [-0.4, -0.2) is 31.0 Å². The third kappa shape index (κ3) is 3.52. The Morgan fingerprint density at radius 1 is 1.43 bits per heavy atom. The SMILES string of the molecule is CCOC(=O)C1=C(Cl)C2CC(C3=CCC(F)CC3)CCC2N=C1. The molecule has 0 saturated heterocycles. The first kappa shape index (κ1) is 16.7. The number of alkyl halides is 1. The molecule has 4 atom stereocenters. The van der Waals surface area contributed by atoms with Gasteiger partial charge in [-0.3, -0.25) is 4.99 Å². The van der Waals surface area contributed by atoms with Gasteiger partial charge >= 0.3 is 5.97 Å². The highest BCUT2D eigenvalue weighted by atomic mass is 35.5. The minimum atomic E-state index is -0.687. The Morgan fingerprint density at radius 2 is 2.26 bits per heavy atom. The van der Waals surface area contributed by atoms with E-state index in [1.165, 1.54) is 5.57 Å². The average Bonchev–Trinajstić information content (AvgIpc) is 2.56. The Labute approximate surface area is 141 Å². The van der Waals surface area contributed by atoms with E-state index in [1.807, 2.05) is 0 Å². The summed E-state index contributed by atoms with van der Waals surface area (Å²) in [6, 6.07) is 0.162. The van der Waals surface area contributed by atoms with Gasteiger partial charge in [-0.15, -0.1) is 0 Å². The second kappa shape index (κ2) is 7.16. The van der Waals surface area contributed by atoms with E-state index >= 15 is 0 Å². The summed E-state index contributed by atoms with van der Waals surface area (Å²) in [5, 5.41) is 0.591. The maximum Gasteiger partial charge on any atom is 0.340 e. The van der Waals surface area contributed by atoms with Gasteiger partial charge in [-0.1, -0.05) is 23.3 Å². The van der Waals surface area contributed by atoms with Gasteiger partial charge in [-0.2, -0.15) is 0 Å². The van der Waals surface area contributed by atoms with Crippen LogP contribution in [0, 0.1) is 11.8 Å². The summed E-state index contributed by atoms with van der Waals surface area (Å²) in [7, 11) is 0. The molecule has 5 heteroatoms. The molecule has 1 aliphatic heterocycles. The summed E-state index contributed by atoms with van der Waals surface area (Å²) in [6.07, 6.45) is 7.92. The Kier molecular flexibility index (Phi) is 5.20. The summed E-state index contributed by atoms with van der Waals surface area (Å²) in [5.41, 5.74) is 1.77. The monoisotopic (exact) mass is 339 g/mol. The van der Waals surface area contributed by atoms with Crippen LogP contribution >= 0.6 is 11.6 Å². The number of carbonyl (C=O) groups excluding carboxylic acids is 1. The zero-order chi connectivity index (χ0) is 16.4. The molecule has 126 valence electrons. The predicted octanol–water partition coefficient (Wildman–Crippen LogP) is 4.36. The van der Waals surface area contributed by atoms with Crippen molar-refractivity contribution in [2.24, 2.45) is 16.8 Å². The quantitative estimate of drug-likeness (QED) is 0.566. The number of hydrogen-bond acceptors (Lipinski definition) is 3. The first-order valence-electron chi connectivity index (χ1n) is 8.53. The topological polar surface area (TPSA) is 38.7 Å². The first-order chi connectivity index (χ1) is 11.1. The minimum Gasteiger partial charge on any atom is -0.462 e. The Morgan fingerprint density at radius 3 is 2.96 bits per heavy atom. The largest absolute Gasteiger partial charge is 0.462 e. The van der Waals surface area contributed by atoms with Crippen LogP contribution in [0.4, 0.5) is 4.39 Å². The molecule has 1 fully saturated rings. The van der Waals surface area contributed by atoms with Crippen LogP contribution in [0.2, 0.25) is 0 Å². The fraction of sp³-hybridized carbons (Fsp3) is 0.667. The van der Waals surface area contributed by atoms with Gasteiger partial charge in [0.05, 0.1) is 18.2 Å². The van der Waals surface area contributed by atoms with E-state index in [9.17, 15) is 9.18 Å². The third-order valence-corrected chi connectivity index (χ3v) is 5.68. The number of fused-ring (bicyclic) bond motifs is 1. The van der Waals surface area contributed by atoms with Crippen molar-refractivity contribution in [2.75, 3.05) is 6.61 Å². The highest BCUT2D eigenvalue weighted by Gasteiger charge is 2.38. The molecular weight excluding hydrogens is 317 g/mol. The molecule has 0 amide bonds. The molecule has 1 heterocycles. The average molecular weight is 340 g/mol. The van der Waals surface area contributed by atoms with Crippen LogP contribution in [-0.2, 0) is 9.53 Å². The molecule has 4 unspecified atom stereocenters. The number of esters is 1. The van der Waals surface area contributed by atoms with Gasteiger partial charge < -0.3 is 4.74 Å². The number of carbonyl (C=O) groups is 1. The number of rotatable bonds is 3. The molecule has 0 aromatic heterocycles. The lowest BCUT2D eigenvalue weighted by Crippen LogP contribution is -2.33. The fourth-order valence-corrected chi connectivity index (χ4v) is 4.29. The van der Waals surface area contributed by atoms with Gasteiger partial charge in [0.15, 0.2) is 0 Å². The standard InChI is InChI=1S/C18H23ClFNO2/c1-2-23-18(22)15-10-21-16-8-5-12(9-14(16)17(15)19)11-3-6-13(20)7-4-11/h3,10,12-14,16H,2,4-9H2,1H3. The van der Waals surface area contributed by atoms with E-state index in [0.717, 1.165) is 25.7 Å². The molecule has 1 saturated carbocycles. The zero-order valence-corrected chi connectivity index (χ0v) is 14.2. The molecular formula is C18H23ClFNO2. The predicted molar refractivity (Wildman–Crippen MR) is 89.5 cm³/mol. The van der Waals surface area contributed by atoms with Crippen molar-refractivity contribution in [3.8, 4) is 0 Å². The number of hydrogen-bond donors (Lipinski definition) is 0. The number of halogens is 2. The second-order valence-electron chi connectivity index (χ2n) is 6.59. The molecule has 0 aromatic rings. The molecule has 0 aromatic carbocycles. The summed E-state index contributed by atoms with van der Waals surface area (Å²) in [5.74, 6) is 0.136. The van der Waals surface area contributed by atoms with E-state index in [4.69, 9.17) is 16.3 Å². The van der Waals surface area contributed by atoms with Crippen molar-refractivity contribution in [3.05, 3.63) is 22.3 Å². The van der Waals surface area contributed by atoms with Crippen LogP contribution in [0.3, 0.4) is 0 Å². The number of dihydropyridines is 1. The summed E-state index contributed by atoms with van der Waals surface area (Å²) >= 11 is 6.52. The van der Waals surface area contributed by atoms with Gasteiger partial charge in [-0.05, 0) is 51.4 Å². The van der Waals surface area contributed by atoms with Crippen LogP contribution < -0.4 is 0 Å². The molecule has 2 aliphatic carbocycles. The Balaban J connectivity index is 1.75. The lowest BCUT2D eigenvalue weighted by atomic mass is 9.71. The van der Waals surface area contributed by atoms with E-state index in [-0.39, 0.29) is 17.9 Å². The van der Waals surface area contributed by atoms with Crippen molar-refractivity contribution >= 4 is 23.8 Å². The molecule has 0 spiro atoms. The van der Waals surface area contributed by atoms with Crippen LogP contribution in [0.25, 0.3) is 0 Å². The smallest absolute Gasteiger partial charge is 0.340 e. The molecule has 3 rings (SSSR count). The summed E-state index contributed by atoms with van der Waals surface area (Å²) in [4.78, 5) is 16.5. The van der Waals surface area contributed by atoms with Gasteiger partial charge in [-0.25, -0.2) is 9.18 Å². The Hall–Kier alpha value is -1.16. The van der Waals surface area contributed by atoms with E-state index < -0.39 is 6.17 Å². The molecule has 3 aliphatic rings. The van der Waals surface area contributed by atoms with Crippen molar-refractivity contribution in [1.29, 1.82) is 0 Å². The summed E-state index contributed by atoms with van der Waals surface area (Å²) in [6.45, 7) is 2.10. The van der Waals surface area contributed by atoms with E-state index in [0.29, 0.717) is 36.0 Å². The number of allylic oxidation sites excluding steroid dienone is 2. The van der Waals surface area contributed by atoms with Crippen molar-refractivity contribution in [3.63, 3.8) is 0 Å². The summed E-state index contributed by atoms with van der Waals surface area (Å²) < 4.78 is 18.4. The molecule has 0 bridgehead atoms. The lowest BCUT2D eigenvalue weighted by molar-refractivity contribution is -0.137. The number of ether oxygens (including phenoxy) is 1. The number of nitrogens with zero attached hydrogens (tertiary/aromatic N) is 1. The van der Waals surface area contributed by atoms with Gasteiger partial charge in [0.25, 0.3) is 0 Å². The maximum atomic E-state index is 13.3.